The van der Waals surface area contributed by atoms with Crippen LogP contribution < -0.4 is 5.32 Å². The number of furan rings is 1. The third-order valence-electron chi connectivity index (χ3n) is 4.45. The maximum atomic E-state index is 5.49. The minimum Gasteiger partial charge on any atom is -0.468 e. The fourth-order valence-corrected chi connectivity index (χ4v) is 3.54. The van der Waals surface area contributed by atoms with Crippen molar-refractivity contribution in [3.05, 3.63) is 24.2 Å². The summed E-state index contributed by atoms with van der Waals surface area (Å²) in [6.07, 6.45) is 9.93. The lowest BCUT2D eigenvalue weighted by Gasteiger charge is -2.39. The average Bonchev–Trinajstić information content (AvgIpc) is 2.81. The summed E-state index contributed by atoms with van der Waals surface area (Å²) in [6.45, 7) is 4.52. The highest BCUT2D eigenvalue weighted by atomic mass is 16.3. The Labute approximate surface area is 110 Å². The molecule has 3 heteroatoms. The molecule has 0 atom stereocenters. The molecule has 1 saturated carbocycles. The van der Waals surface area contributed by atoms with Crippen molar-refractivity contribution < 1.29 is 4.42 Å². The third kappa shape index (κ3) is 2.78. The molecule has 0 unspecified atom stereocenters. The van der Waals surface area contributed by atoms with Crippen LogP contribution in [-0.2, 0) is 6.54 Å². The van der Waals surface area contributed by atoms with E-state index in [0.717, 1.165) is 12.3 Å². The molecule has 0 amide bonds. The number of nitrogens with zero attached hydrogens (tertiary/aromatic N) is 1. The highest BCUT2D eigenvalue weighted by Gasteiger charge is 2.34. The largest absolute Gasteiger partial charge is 0.468 e. The zero-order chi connectivity index (χ0) is 12.3. The summed E-state index contributed by atoms with van der Waals surface area (Å²) in [7, 11) is 0. The van der Waals surface area contributed by atoms with Gasteiger partial charge in [-0.1, -0.05) is 19.3 Å². The van der Waals surface area contributed by atoms with E-state index in [9.17, 15) is 0 Å². The quantitative estimate of drug-likeness (QED) is 0.872. The molecule has 1 saturated heterocycles. The summed E-state index contributed by atoms with van der Waals surface area (Å²) in [5.74, 6) is 1.10. The van der Waals surface area contributed by atoms with Crippen molar-refractivity contribution in [1.29, 1.82) is 0 Å². The molecule has 100 valence electrons. The first-order valence-corrected chi connectivity index (χ1v) is 7.36. The summed E-state index contributed by atoms with van der Waals surface area (Å²) in [4.78, 5) is 2.57. The molecule has 2 aliphatic rings. The molecule has 1 aromatic heterocycles. The lowest BCUT2D eigenvalue weighted by atomic mass is 9.81. The van der Waals surface area contributed by atoms with E-state index in [-0.39, 0.29) is 0 Å². The lowest BCUT2D eigenvalue weighted by Crippen LogP contribution is -2.52. The van der Waals surface area contributed by atoms with Gasteiger partial charge in [-0.2, -0.15) is 0 Å². The van der Waals surface area contributed by atoms with Crippen molar-refractivity contribution >= 4 is 0 Å². The fourth-order valence-electron chi connectivity index (χ4n) is 3.54. The molecule has 3 nitrogen and oxygen atoms in total. The van der Waals surface area contributed by atoms with Crippen LogP contribution in [0.25, 0.3) is 0 Å². The number of hydrogen-bond donors (Lipinski definition) is 1. The molecule has 0 bridgehead atoms. The maximum Gasteiger partial charge on any atom is 0.117 e. The second-order valence-corrected chi connectivity index (χ2v) is 5.91. The first-order chi connectivity index (χ1) is 8.86. The molecule has 1 aliphatic heterocycles. The summed E-state index contributed by atoms with van der Waals surface area (Å²) in [5, 5.41) is 3.83. The zero-order valence-corrected chi connectivity index (χ0v) is 11.2. The average molecular weight is 248 g/mol. The van der Waals surface area contributed by atoms with Crippen LogP contribution >= 0.6 is 0 Å². The first kappa shape index (κ1) is 12.2. The van der Waals surface area contributed by atoms with Crippen molar-refractivity contribution in [2.75, 3.05) is 19.6 Å². The Bertz CT molecular complexity index is 355. The van der Waals surface area contributed by atoms with Crippen molar-refractivity contribution in [1.82, 2.24) is 10.2 Å². The molecule has 2 fully saturated rings. The van der Waals surface area contributed by atoms with Crippen LogP contribution in [0.2, 0.25) is 0 Å². The van der Waals surface area contributed by atoms with Crippen molar-refractivity contribution in [3.63, 3.8) is 0 Å². The Morgan fingerprint density at radius 3 is 2.89 bits per heavy atom. The number of nitrogens with one attached hydrogen (secondary N) is 1. The van der Waals surface area contributed by atoms with Gasteiger partial charge in [0.15, 0.2) is 0 Å². The standard InChI is InChI=1S/C15H24N2O/c1-2-7-15(8-3-1)13-17(10-5-9-16-15)12-14-6-4-11-18-14/h4,6,11,16H,1-3,5,7-10,12-13H2. The van der Waals surface area contributed by atoms with Gasteiger partial charge in [0.25, 0.3) is 0 Å². The lowest BCUT2D eigenvalue weighted by molar-refractivity contribution is 0.153. The minimum atomic E-state index is 0.390. The SMILES string of the molecule is c1coc(CN2CCCNC3(CCCCC3)C2)c1. The monoisotopic (exact) mass is 248 g/mol. The van der Waals surface area contributed by atoms with E-state index in [1.807, 2.05) is 6.07 Å². The highest BCUT2D eigenvalue weighted by Crippen LogP contribution is 2.30. The molecule has 1 aliphatic carbocycles. The summed E-state index contributed by atoms with van der Waals surface area (Å²) >= 11 is 0. The Morgan fingerprint density at radius 2 is 2.11 bits per heavy atom. The summed E-state index contributed by atoms with van der Waals surface area (Å²) in [5.41, 5.74) is 0.390. The van der Waals surface area contributed by atoms with E-state index >= 15 is 0 Å². The van der Waals surface area contributed by atoms with Gasteiger partial charge in [-0.05, 0) is 44.5 Å². The van der Waals surface area contributed by atoms with Gasteiger partial charge in [-0.15, -0.1) is 0 Å². The van der Waals surface area contributed by atoms with Gasteiger partial charge in [0, 0.05) is 12.1 Å². The van der Waals surface area contributed by atoms with E-state index in [4.69, 9.17) is 4.42 Å². The molecule has 1 aromatic rings. The predicted molar refractivity (Wildman–Crippen MR) is 72.4 cm³/mol. The zero-order valence-electron chi connectivity index (χ0n) is 11.2. The van der Waals surface area contributed by atoms with Crippen LogP contribution in [-0.4, -0.2) is 30.1 Å². The normalized spacial score (nSPS) is 25.1. The molecule has 2 heterocycles. The van der Waals surface area contributed by atoms with Gasteiger partial charge in [0.2, 0.25) is 0 Å². The summed E-state index contributed by atoms with van der Waals surface area (Å²) in [6, 6.07) is 4.08. The van der Waals surface area contributed by atoms with Crippen LogP contribution in [0.3, 0.4) is 0 Å². The molecule has 1 N–H and O–H groups in total. The van der Waals surface area contributed by atoms with Crippen LogP contribution in [0.5, 0.6) is 0 Å². The molecule has 18 heavy (non-hydrogen) atoms. The molecular weight excluding hydrogens is 224 g/mol. The molecular formula is C15H24N2O. The van der Waals surface area contributed by atoms with Gasteiger partial charge in [-0.3, -0.25) is 4.90 Å². The van der Waals surface area contributed by atoms with Gasteiger partial charge in [0.05, 0.1) is 12.8 Å². The molecule has 3 rings (SSSR count). The Balaban J connectivity index is 1.66. The number of rotatable bonds is 2. The van der Waals surface area contributed by atoms with Crippen molar-refractivity contribution in [2.45, 2.75) is 50.6 Å². The van der Waals surface area contributed by atoms with Crippen LogP contribution in [0.1, 0.15) is 44.3 Å². The fraction of sp³-hybridized carbons (Fsp3) is 0.733. The summed E-state index contributed by atoms with van der Waals surface area (Å²) < 4.78 is 5.49. The van der Waals surface area contributed by atoms with Crippen molar-refractivity contribution in [2.24, 2.45) is 0 Å². The van der Waals surface area contributed by atoms with Gasteiger partial charge < -0.3 is 9.73 Å². The van der Waals surface area contributed by atoms with Crippen LogP contribution in [0.15, 0.2) is 22.8 Å². The second-order valence-electron chi connectivity index (χ2n) is 5.91. The van der Waals surface area contributed by atoms with E-state index < -0.39 is 0 Å². The molecule has 0 radical (unpaired) electrons. The number of hydrogen-bond acceptors (Lipinski definition) is 3. The van der Waals surface area contributed by atoms with Crippen LogP contribution in [0.4, 0.5) is 0 Å². The smallest absolute Gasteiger partial charge is 0.117 e. The topological polar surface area (TPSA) is 28.4 Å². The van der Waals surface area contributed by atoms with Gasteiger partial charge in [-0.25, -0.2) is 0 Å². The predicted octanol–water partition coefficient (Wildman–Crippen LogP) is 2.78. The van der Waals surface area contributed by atoms with Crippen LogP contribution in [0, 0.1) is 0 Å². The first-order valence-electron chi connectivity index (χ1n) is 7.36. The third-order valence-corrected chi connectivity index (χ3v) is 4.45. The van der Waals surface area contributed by atoms with E-state index in [1.165, 1.54) is 58.2 Å². The van der Waals surface area contributed by atoms with Crippen molar-refractivity contribution in [3.8, 4) is 0 Å². The molecule has 0 aromatic carbocycles. The second kappa shape index (κ2) is 5.45. The van der Waals surface area contributed by atoms with Gasteiger partial charge >= 0.3 is 0 Å². The van der Waals surface area contributed by atoms with E-state index in [2.05, 4.69) is 16.3 Å². The highest BCUT2D eigenvalue weighted by molar-refractivity contribution is 5.00. The van der Waals surface area contributed by atoms with E-state index in [1.54, 1.807) is 6.26 Å². The Hall–Kier alpha value is -0.800. The Morgan fingerprint density at radius 1 is 1.22 bits per heavy atom. The minimum absolute atomic E-state index is 0.390. The Kier molecular flexibility index (Phi) is 3.71. The maximum absolute atomic E-state index is 5.49. The molecule has 1 spiro atoms. The van der Waals surface area contributed by atoms with Gasteiger partial charge in [0.1, 0.15) is 5.76 Å². The van der Waals surface area contributed by atoms with E-state index in [0.29, 0.717) is 5.54 Å².